The second kappa shape index (κ2) is 51.9. The van der Waals surface area contributed by atoms with E-state index in [4.69, 9.17) is 48.4 Å². The topological polar surface area (TPSA) is 542 Å². The van der Waals surface area contributed by atoms with Crippen molar-refractivity contribution >= 4 is 105 Å². The fourth-order valence-electron chi connectivity index (χ4n) is 12.9. The van der Waals surface area contributed by atoms with Crippen LogP contribution in [0.5, 0.6) is 5.75 Å². The Kier molecular flexibility index (Phi) is 43.2. The number of imide groups is 1. The number of nitrogens with one attached hydrogen (secondary N) is 10. The van der Waals surface area contributed by atoms with Gasteiger partial charge >= 0.3 is 0 Å². The predicted molar refractivity (Wildman–Crippen MR) is 410 cm³/mol. The number of aliphatic hydroxyl groups excluding tert-OH is 3. The summed E-state index contributed by atoms with van der Waals surface area (Å²) in [5.74, 6) is -12.9. The highest BCUT2D eigenvalue weighted by atomic mass is 32.2. The number of carbonyl (C=O) groups excluding carboxylic acids is 13. The number of carbonyl (C=O) groups is 13. The summed E-state index contributed by atoms with van der Waals surface area (Å²) in [6, 6.07) is -5.43. The third-order valence-corrected chi connectivity index (χ3v) is 22.2. The second-order valence-corrected chi connectivity index (χ2v) is 30.4. The standard InChI is InChI=1S/C73H115N13O26S2/c1-5-45(2)48-12-16-76-61(93)39-79-68(98)52-37-50-49-8-9-57(104-4)51(43-113-35-7-6-15-75-60(92)14-19-105-21-23-107-25-27-109-29-31-111-33-34-112-32-30-110-28-26-108-24-22-106-20-17-77-59(91)13-18-85-63(95)10-11-64(85)96)66(49)84-72(50)114(103)44-54(80-62(94)40-78-67(48)97)69(99)82-53(38-58(74)90)73(102)86-41-47(88)36-55(86)70(100)83-65(71(101)81-52)46(3)56(89)42-87/h8-11,45-48,50,52-56,65,72,84,87-89H,5-7,12-44H2,1-4H3,(H2,74,90)(H,75,92)(H,76,93)(H,77,91)(H,78,97)(H,79,98)(H,80,94)(H,81,101)(H,82,99)(H,83,100)/t45-,46-,47+,48-,50?,52-,53-,54+,55?,56-,65-,72?,114?/m0/s1. The number of benzene rings is 1. The normalized spacial score (nSPS) is 23.6. The Morgan fingerprint density at radius 3 is 1.84 bits per heavy atom. The van der Waals surface area contributed by atoms with Gasteiger partial charge in [-0.2, -0.15) is 11.8 Å². The summed E-state index contributed by atoms with van der Waals surface area (Å²) in [5.41, 5.74) is 7.07. The lowest BCUT2D eigenvalue weighted by molar-refractivity contribution is -0.144. The van der Waals surface area contributed by atoms with Crippen molar-refractivity contribution < 1.29 is 125 Å². The minimum absolute atomic E-state index is 0.0146. The summed E-state index contributed by atoms with van der Waals surface area (Å²) in [4.78, 5) is 177. The predicted octanol–water partition coefficient (Wildman–Crippen LogP) is -5.05. The summed E-state index contributed by atoms with van der Waals surface area (Å²) in [6.45, 7) is 8.28. The number of hydrogen-bond donors (Lipinski definition) is 14. The average Bonchev–Trinajstić information content (AvgIpc) is 1.61. The Bertz CT molecular complexity index is 3330. The lowest BCUT2D eigenvalue weighted by atomic mass is 9.88. The van der Waals surface area contributed by atoms with Gasteiger partial charge in [0.15, 0.2) is 11.4 Å². The number of fused-ring (bicyclic) bond motifs is 5. The van der Waals surface area contributed by atoms with E-state index in [1.54, 1.807) is 19.1 Å². The molecule has 13 amide bonds. The maximum atomic E-state index is 15.5. The average molecular weight is 1650 g/mol. The number of nitrogens with zero attached hydrogens (tertiary/aromatic N) is 2. The molecule has 15 N–H and O–H groups in total. The number of methoxy groups -OCH3 is 1. The number of anilines is 1. The Morgan fingerprint density at radius 1 is 0.667 bits per heavy atom. The first-order chi connectivity index (χ1) is 54.8. The van der Waals surface area contributed by atoms with Crippen molar-refractivity contribution in [2.45, 2.75) is 138 Å². The molecule has 0 spiro atoms. The minimum atomic E-state index is -2.34. The van der Waals surface area contributed by atoms with Crippen LogP contribution in [0.25, 0.3) is 0 Å². The molecule has 3 saturated heterocycles. The molecule has 13 atom stereocenters. The maximum Gasteiger partial charge on any atom is 0.253 e. The highest BCUT2D eigenvalue weighted by Crippen LogP contribution is 2.47. The molecule has 4 unspecified atom stereocenters. The molecule has 39 nitrogen and oxygen atoms in total. The van der Waals surface area contributed by atoms with Crippen molar-refractivity contribution in [2.75, 3.05) is 182 Å². The molecule has 2 bridgehead atoms. The number of rotatable bonds is 45. The van der Waals surface area contributed by atoms with Gasteiger partial charge in [0.2, 0.25) is 65.0 Å². The molecule has 41 heteroatoms. The van der Waals surface area contributed by atoms with Crippen molar-refractivity contribution in [2.24, 2.45) is 23.5 Å². The number of hydrogen-bond acceptors (Lipinski definition) is 28. The first-order valence-corrected chi connectivity index (χ1v) is 41.1. The van der Waals surface area contributed by atoms with Crippen LogP contribution in [0.2, 0.25) is 0 Å². The molecule has 3 fully saturated rings. The number of amides is 13. The Morgan fingerprint density at radius 2 is 1.25 bits per heavy atom. The van der Waals surface area contributed by atoms with Crippen LogP contribution in [-0.4, -0.2) is 331 Å². The summed E-state index contributed by atoms with van der Waals surface area (Å²) in [6.07, 6.45) is -0.406. The van der Waals surface area contributed by atoms with E-state index < -0.39 is 193 Å². The third-order valence-electron chi connectivity index (χ3n) is 19.4. The van der Waals surface area contributed by atoms with E-state index in [1.807, 2.05) is 6.92 Å². The maximum absolute atomic E-state index is 15.5. The Balaban J connectivity index is 0.964. The fraction of sp³-hybridized carbons (Fsp3) is 0.712. The van der Waals surface area contributed by atoms with Crippen LogP contribution in [0.15, 0.2) is 24.3 Å². The van der Waals surface area contributed by atoms with Gasteiger partial charge in [-0.15, -0.1) is 0 Å². The van der Waals surface area contributed by atoms with Crippen molar-refractivity contribution in [3.05, 3.63) is 35.4 Å². The van der Waals surface area contributed by atoms with Gasteiger partial charge in [-0.3, -0.25) is 67.2 Å². The SMILES string of the molecule is CC[C@H](C)[C@@H]1CCNC(=O)CNC(=O)[C@@H]2CC3c4ccc(OC)c(CSCCCCNC(=O)CCOCCOCCOCCOCCOCCOCCOCCOCCNC(=O)CCN5C(=O)C=CC5=O)c4NC3[S+]([O-])C[C@@H](NC(=O)CNC1=O)C(=O)N[C@@H](CC(N)=O)C(=O)N1C[C@H](O)CC1C(=O)N[C@@H]([C@@H](C)[C@@H](O)CO)C(=O)N2. The highest BCUT2D eigenvalue weighted by molar-refractivity contribution is 7.98. The van der Waals surface area contributed by atoms with Gasteiger partial charge < -0.3 is 126 Å². The molecular weight excluding hydrogens is 1540 g/mol. The van der Waals surface area contributed by atoms with E-state index in [2.05, 4.69) is 53.2 Å². The van der Waals surface area contributed by atoms with Crippen LogP contribution < -0.4 is 63.6 Å². The number of aliphatic hydroxyl groups is 3. The van der Waals surface area contributed by atoms with Gasteiger partial charge in [0, 0.05) is 93.0 Å². The first kappa shape index (κ1) is 94.9. The van der Waals surface area contributed by atoms with Gasteiger partial charge in [0.1, 0.15) is 35.7 Å². The summed E-state index contributed by atoms with van der Waals surface area (Å²) < 4.78 is 65.5. The summed E-state index contributed by atoms with van der Waals surface area (Å²) in [7, 11) is 1.45. The van der Waals surface area contributed by atoms with E-state index in [0.29, 0.717) is 140 Å². The molecule has 0 aliphatic carbocycles. The molecule has 0 aromatic heterocycles. The monoisotopic (exact) mass is 1650 g/mol. The quantitative estimate of drug-likeness (QED) is 0.0165. The van der Waals surface area contributed by atoms with Gasteiger partial charge in [-0.25, -0.2) is 0 Å². The van der Waals surface area contributed by atoms with E-state index in [9.17, 15) is 77.6 Å². The number of unbranched alkanes of at least 4 members (excludes halogenated alkanes) is 1. The van der Waals surface area contributed by atoms with Crippen LogP contribution in [0.3, 0.4) is 0 Å². The lowest BCUT2D eigenvalue weighted by Gasteiger charge is -2.34. The number of thioether (sulfide) groups is 1. The molecular formula is C73H115N13O26S2. The lowest BCUT2D eigenvalue weighted by Crippen LogP contribution is -2.62. The molecule has 0 radical (unpaired) electrons. The third kappa shape index (κ3) is 32.3. The molecule has 1 aromatic carbocycles. The van der Waals surface area contributed by atoms with Crippen molar-refractivity contribution in [3.8, 4) is 5.75 Å². The van der Waals surface area contributed by atoms with Crippen LogP contribution >= 0.6 is 11.8 Å². The Hall–Kier alpha value is -7.91. The molecule has 6 rings (SSSR count). The van der Waals surface area contributed by atoms with Crippen molar-refractivity contribution in [1.82, 2.24) is 57.7 Å². The number of nitrogens with two attached hydrogens (primary N) is 1. The van der Waals surface area contributed by atoms with E-state index in [1.165, 1.54) is 37.9 Å². The number of primary amides is 1. The molecule has 640 valence electrons. The summed E-state index contributed by atoms with van der Waals surface area (Å²) in [5, 5.41) is 57.8. The summed E-state index contributed by atoms with van der Waals surface area (Å²) >= 11 is -0.836. The van der Waals surface area contributed by atoms with Gasteiger partial charge in [0.05, 0.1) is 157 Å². The van der Waals surface area contributed by atoms with E-state index in [0.717, 1.165) is 9.80 Å². The fourth-order valence-corrected chi connectivity index (χ4v) is 15.6. The zero-order valence-corrected chi connectivity index (χ0v) is 66.8. The van der Waals surface area contributed by atoms with Crippen LogP contribution in [0.4, 0.5) is 5.69 Å². The molecule has 114 heavy (non-hydrogen) atoms. The zero-order valence-electron chi connectivity index (χ0n) is 65.2. The Labute approximate surface area is 669 Å². The van der Waals surface area contributed by atoms with Gasteiger partial charge in [-0.05, 0) is 60.2 Å². The van der Waals surface area contributed by atoms with Gasteiger partial charge in [-0.1, -0.05) is 33.3 Å². The molecule has 0 saturated carbocycles. The minimum Gasteiger partial charge on any atom is -0.615 e. The van der Waals surface area contributed by atoms with Crippen molar-refractivity contribution in [1.29, 1.82) is 0 Å². The van der Waals surface area contributed by atoms with Crippen LogP contribution in [0, 0.1) is 17.8 Å². The molecule has 5 heterocycles. The van der Waals surface area contributed by atoms with E-state index >= 15 is 4.55 Å². The molecule has 5 aliphatic rings. The largest absolute Gasteiger partial charge is 0.615 e. The first-order valence-electron chi connectivity index (χ1n) is 38.5. The van der Waals surface area contributed by atoms with Gasteiger partial charge in [0.25, 0.3) is 11.8 Å². The zero-order chi connectivity index (χ0) is 82.9. The van der Waals surface area contributed by atoms with Crippen LogP contribution in [0.1, 0.15) is 95.6 Å². The van der Waals surface area contributed by atoms with Crippen molar-refractivity contribution in [3.63, 3.8) is 0 Å². The molecule has 1 aromatic rings. The van der Waals surface area contributed by atoms with Crippen LogP contribution in [-0.2, 0) is 117 Å². The highest BCUT2D eigenvalue weighted by Gasteiger charge is 2.49. The molecule has 5 aliphatic heterocycles. The number of ether oxygens (including phenoxy) is 9. The van der Waals surface area contributed by atoms with E-state index in [-0.39, 0.29) is 82.2 Å². The smallest absolute Gasteiger partial charge is 0.253 e. The second-order valence-electron chi connectivity index (χ2n) is 27.7.